The van der Waals surface area contributed by atoms with E-state index in [0.717, 1.165) is 21.6 Å². The van der Waals surface area contributed by atoms with Crippen molar-refractivity contribution in [3.05, 3.63) is 41.8 Å². The first-order chi connectivity index (χ1) is 11.2. The Balaban J connectivity index is 1.78. The highest BCUT2D eigenvalue weighted by atomic mass is 32.1. The summed E-state index contributed by atoms with van der Waals surface area (Å²) in [6, 6.07) is 13.9. The predicted molar refractivity (Wildman–Crippen MR) is 90.2 cm³/mol. The van der Waals surface area contributed by atoms with E-state index >= 15 is 0 Å². The number of nitrogens with zero attached hydrogens (tertiary/aromatic N) is 4. The van der Waals surface area contributed by atoms with Crippen LogP contribution in [0.25, 0.3) is 21.6 Å². The second kappa shape index (κ2) is 5.30. The number of benzene rings is 1. The summed E-state index contributed by atoms with van der Waals surface area (Å²) in [5.74, 6) is 1.52. The number of para-hydroxylation sites is 1. The Morgan fingerprint density at radius 1 is 1.22 bits per heavy atom. The van der Waals surface area contributed by atoms with Crippen molar-refractivity contribution in [1.82, 2.24) is 9.97 Å². The summed E-state index contributed by atoms with van der Waals surface area (Å²) in [4.78, 5) is 12.4. The highest BCUT2D eigenvalue weighted by molar-refractivity contribution is 7.13. The zero-order valence-electron chi connectivity index (χ0n) is 12.3. The number of hydrogen-bond donors (Lipinski definition) is 1. The van der Waals surface area contributed by atoms with Crippen LogP contribution in [0.2, 0.25) is 0 Å². The average molecular weight is 322 g/mol. The Labute approximate surface area is 137 Å². The van der Waals surface area contributed by atoms with E-state index in [1.807, 2.05) is 52.7 Å². The van der Waals surface area contributed by atoms with Gasteiger partial charge in [-0.15, -0.1) is 11.3 Å². The largest absolute Gasteiger partial charge is 0.385 e. The zero-order valence-corrected chi connectivity index (χ0v) is 13.1. The van der Waals surface area contributed by atoms with Gasteiger partial charge in [0.05, 0.1) is 36.0 Å². The Morgan fingerprint density at radius 2 is 2.04 bits per heavy atom. The molecular weight excluding hydrogens is 308 g/mol. The molecule has 0 bridgehead atoms. The van der Waals surface area contributed by atoms with Crippen LogP contribution in [-0.4, -0.2) is 33.8 Å². The van der Waals surface area contributed by atoms with Crippen LogP contribution in [0.15, 0.2) is 41.8 Å². The van der Waals surface area contributed by atoms with Crippen LogP contribution >= 0.6 is 11.3 Å². The highest BCUT2D eigenvalue weighted by Crippen LogP contribution is 2.35. The minimum atomic E-state index is -0.927. The van der Waals surface area contributed by atoms with Crippen molar-refractivity contribution in [3.8, 4) is 16.8 Å². The predicted octanol–water partition coefficient (Wildman–Crippen LogP) is 2.82. The van der Waals surface area contributed by atoms with Crippen LogP contribution in [0.3, 0.4) is 0 Å². The SMILES string of the molecule is N#CCC1(O)CN(c2nc(-c3cccs3)nc3ccccc23)C1. The van der Waals surface area contributed by atoms with E-state index < -0.39 is 5.60 Å². The van der Waals surface area contributed by atoms with Crippen molar-refractivity contribution in [2.45, 2.75) is 12.0 Å². The molecule has 114 valence electrons. The highest BCUT2D eigenvalue weighted by Gasteiger charge is 2.42. The Bertz CT molecular complexity index is 895. The summed E-state index contributed by atoms with van der Waals surface area (Å²) in [7, 11) is 0. The minimum absolute atomic E-state index is 0.143. The lowest BCUT2D eigenvalue weighted by Gasteiger charge is -2.46. The summed E-state index contributed by atoms with van der Waals surface area (Å²) in [5, 5.41) is 22.0. The third kappa shape index (κ3) is 2.44. The summed E-state index contributed by atoms with van der Waals surface area (Å²) in [5.41, 5.74) is -0.0409. The second-order valence-corrected chi connectivity index (χ2v) is 6.73. The number of aliphatic hydroxyl groups is 1. The van der Waals surface area contributed by atoms with E-state index in [9.17, 15) is 5.11 Å². The molecule has 0 amide bonds. The van der Waals surface area contributed by atoms with E-state index in [4.69, 9.17) is 10.2 Å². The van der Waals surface area contributed by atoms with E-state index in [0.29, 0.717) is 18.9 Å². The van der Waals surface area contributed by atoms with Crippen LogP contribution in [0.4, 0.5) is 5.82 Å². The van der Waals surface area contributed by atoms with Gasteiger partial charge in [-0.3, -0.25) is 0 Å². The van der Waals surface area contributed by atoms with Gasteiger partial charge in [0.1, 0.15) is 11.4 Å². The number of anilines is 1. The van der Waals surface area contributed by atoms with Gasteiger partial charge >= 0.3 is 0 Å². The van der Waals surface area contributed by atoms with Gasteiger partial charge in [-0.25, -0.2) is 9.97 Å². The molecule has 23 heavy (non-hydrogen) atoms. The first-order valence-electron chi connectivity index (χ1n) is 7.33. The number of β-amino-alcohol motifs (C(OH)–C–C–N with tert-alkyl or cyclic N) is 1. The number of aromatic nitrogens is 2. The van der Waals surface area contributed by atoms with E-state index in [1.165, 1.54) is 0 Å². The molecule has 3 aromatic rings. The number of rotatable bonds is 3. The van der Waals surface area contributed by atoms with E-state index in [2.05, 4.69) is 4.98 Å². The standard InChI is InChI=1S/C17H14N4OS/c18-8-7-17(22)10-21(11-17)16-12-4-1-2-5-13(12)19-15(20-16)14-6-3-9-23-14/h1-6,9,22H,7,10-11H2. The molecule has 4 rings (SSSR count). The van der Waals surface area contributed by atoms with Gasteiger partial charge in [0.2, 0.25) is 0 Å². The Morgan fingerprint density at radius 3 is 2.78 bits per heavy atom. The molecular formula is C17H14N4OS. The molecule has 0 radical (unpaired) electrons. The minimum Gasteiger partial charge on any atom is -0.385 e. The van der Waals surface area contributed by atoms with Gasteiger partial charge < -0.3 is 10.0 Å². The molecule has 0 aliphatic carbocycles. The van der Waals surface area contributed by atoms with Crippen molar-refractivity contribution in [2.24, 2.45) is 0 Å². The normalized spacial score (nSPS) is 16.1. The summed E-state index contributed by atoms with van der Waals surface area (Å²) in [6.07, 6.45) is 0.143. The van der Waals surface area contributed by atoms with E-state index in [1.54, 1.807) is 11.3 Å². The molecule has 0 atom stereocenters. The molecule has 0 unspecified atom stereocenters. The van der Waals surface area contributed by atoms with Crippen LogP contribution in [0.1, 0.15) is 6.42 Å². The van der Waals surface area contributed by atoms with Crippen LogP contribution in [0, 0.1) is 11.3 Å². The van der Waals surface area contributed by atoms with Gasteiger partial charge in [0.25, 0.3) is 0 Å². The lowest BCUT2D eigenvalue weighted by molar-refractivity contribution is 0.0164. The van der Waals surface area contributed by atoms with Crippen LogP contribution in [0.5, 0.6) is 0 Å². The molecule has 6 heteroatoms. The van der Waals surface area contributed by atoms with Crippen LogP contribution < -0.4 is 4.90 Å². The van der Waals surface area contributed by atoms with E-state index in [-0.39, 0.29) is 6.42 Å². The molecule has 0 saturated carbocycles. The number of thiophene rings is 1. The molecule has 1 aliphatic rings. The molecule has 1 fully saturated rings. The maximum atomic E-state index is 10.3. The molecule has 5 nitrogen and oxygen atoms in total. The fraction of sp³-hybridized carbons (Fsp3) is 0.235. The Kier molecular flexibility index (Phi) is 3.26. The van der Waals surface area contributed by atoms with Gasteiger partial charge in [0.15, 0.2) is 5.82 Å². The molecule has 1 saturated heterocycles. The summed E-state index contributed by atoms with van der Waals surface area (Å²) in [6.45, 7) is 0.844. The molecule has 0 spiro atoms. The first-order valence-corrected chi connectivity index (χ1v) is 8.21. The third-order valence-corrected chi connectivity index (χ3v) is 4.87. The molecule has 2 aromatic heterocycles. The van der Waals surface area contributed by atoms with Gasteiger partial charge in [0, 0.05) is 5.39 Å². The number of nitriles is 1. The third-order valence-electron chi connectivity index (χ3n) is 4.00. The lowest BCUT2D eigenvalue weighted by atomic mass is 9.91. The fourth-order valence-electron chi connectivity index (χ4n) is 2.89. The number of fused-ring (bicyclic) bond motifs is 1. The summed E-state index contributed by atoms with van der Waals surface area (Å²) < 4.78 is 0. The quantitative estimate of drug-likeness (QED) is 0.802. The van der Waals surface area contributed by atoms with Crippen molar-refractivity contribution in [2.75, 3.05) is 18.0 Å². The maximum absolute atomic E-state index is 10.3. The topological polar surface area (TPSA) is 73.0 Å². The van der Waals surface area contributed by atoms with Gasteiger partial charge in [-0.2, -0.15) is 5.26 Å². The fourth-order valence-corrected chi connectivity index (χ4v) is 3.55. The van der Waals surface area contributed by atoms with Crippen molar-refractivity contribution < 1.29 is 5.11 Å². The van der Waals surface area contributed by atoms with Crippen molar-refractivity contribution in [3.63, 3.8) is 0 Å². The number of hydrogen-bond acceptors (Lipinski definition) is 6. The molecule has 1 aromatic carbocycles. The zero-order chi connectivity index (χ0) is 15.9. The van der Waals surface area contributed by atoms with Crippen molar-refractivity contribution in [1.29, 1.82) is 5.26 Å². The lowest BCUT2D eigenvalue weighted by Crippen LogP contribution is -2.62. The second-order valence-electron chi connectivity index (χ2n) is 5.78. The monoisotopic (exact) mass is 322 g/mol. The van der Waals surface area contributed by atoms with Crippen molar-refractivity contribution >= 4 is 28.1 Å². The summed E-state index contributed by atoms with van der Waals surface area (Å²) >= 11 is 1.60. The maximum Gasteiger partial charge on any atom is 0.172 e. The first kappa shape index (κ1) is 14.1. The average Bonchev–Trinajstić information content (AvgIpc) is 3.06. The molecule has 1 aliphatic heterocycles. The van der Waals surface area contributed by atoms with Crippen LogP contribution in [-0.2, 0) is 0 Å². The van der Waals surface area contributed by atoms with Gasteiger partial charge in [-0.1, -0.05) is 18.2 Å². The molecule has 1 N–H and O–H groups in total. The smallest absolute Gasteiger partial charge is 0.172 e. The van der Waals surface area contributed by atoms with Gasteiger partial charge in [-0.05, 0) is 23.6 Å². The Hall–Kier alpha value is -2.49. The molecule has 3 heterocycles.